The van der Waals surface area contributed by atoms with Gasteiger partial charge in [-0.1, -0.05) is 31.2 Å². The van der Waals surface area contributed by atoms with E-state index in [2.05, 4.69) is 22.9 Å². The number of amides is 2. The fraction of sp³-hybridized carbons (Fsp3) is 0.556. The van der Waals surface area contributed by atoms with Crippen molar-refractivity contribution in [2.75, 3.05) is 45.8 Å². The quantitative estimate of drug-likeness (QED) is 0.250. The first kappa shape index (κ1) is 25.3. The summed E-state index contributed by atoms with van der Waals surface area (Å²) in [7, 11) is 0. The van der Waals surface area contributed by atoms with Crippen molar-refractivity contribution in [2.45, 2.75) is 51.9 Å². The zero-order valence-corrected chi connectivity index (χ0v) is 20.1. The van der Waals surface area contributed by atoms with Crippen LogP contribution in [0.2, 0.25) is 0 Å². The van der Waals surface area contributed by atoms with Crippen molar-refractivity contribution < 1.29 is 9.59 Å². The number of rotatable bonds is 17. The monoisotopic (exact) mass is 452 g/mol. The molecule has 0 unspecified atom stereocenters. The number of hydrogen-bond acceptors (Lipinski definition) is 5. The number of nitrogens with one attached hydrogen (secondary N) is 3. The van der Waals surface area contributed by atoms with Crippen LogP contribution in [0, 0.1) is 0 Å². The first-order chi connectivity index (χ1) is 16.2. The number of imide groups is 1. The molecule has 6 heteroatoms. The van der Waals surface area contributed by atoms with Crippen LogP contribution in [0.25, 0.3) is 10.8 Å². The van der Waals surface area contributed by atoms with Gasteiger partial charge in [0.15, 0.2) is 0 Å². The lowest BCUT2D eigenvalue weighted by Crippen LogP contribution is -2.41. The molecule has 2 amide bonds. The van der Waals surface area contributed by atoms with E-state index >= 15 is 0 Å². The van der Waals surface area contributed by atoms with Crippen LogP contribution in [0.15, 0.2) is 36.4 Å². The number of benzene rings is 2. The van der Waals surface area contributed by atoms with E-state index in [9.17, 15) is 9.59 Å². The standard InChI is InChI=1S/C27H40N4O2/c1-2-15-28-16-3-4-17-29-18-5-6-19-30-20-7-8-21-31-26(32)23-13-9-11-22-12-10-14-24(25(22)23)27(31)33/h9-14,28-30H,2-8,15-21H2,1H3. The highest BCUT2D eigenvalue weighted by atomic mass is 16.2. The molecule has 0 aliphatic carbocycles. The van der Waals surface area contributed by atoms with Gasteiger partial charge in [-0.3, -0.25) is 14.5 Å². The average molecular weight is 453 g/mol. The Kier molecular flexibility index (Phi) is 10.8. The van der Waals surface area contributed by atoms with Crippen LogP contribution in [0.5, 0.6) is 0 Å². The molecular formula is C27H40N4O2. The van der Waals surface area contributed by atoms with Gasteiger partial charge in [-0.2, -0.15) is 0 Å². The van der Waals surface area contributed by atoms with Crippen LogP contribution in [0.4, 0.5) is 0 Å². The molecule has 33 heavy (non-hydrogen) atoms. The van der Waals surface area contributed by atoms with Crippen molar-refractivity contribution in [1.29, 1.82) is 0 Å². The molecule has 0 spiro atoms. The van der Waals surface area contributed by atoms with Gasteiger partial charge in [0.05, 0.1) is 0 Å². The third-order valence-electron chi connectivity index (χ3n) is 6.18. The minimum absolute atomic E-state index is 0.165. The predicted octanol–water partition coefficient (Wildman–Crippen LogP) is 3.96. The molecule has 6 nitrogen and oxygen atoms in total. The first-order valence-corrected chi connectivity index (χ1v) is 12.7. The zero-order chi connectivity index (χ0) is 23.3. The molecule has 2 aromatic rings. The summed E-state index contributed by atoms with van der Waals surface area (Å²) in [4.78, 5) is 27.2. The summed E-state index contributed by atoms with van der Waals surface area (Å²) in [6.45, 7) is 9.04. The summed E-state index contributed by atoms with van der Waals surface area (Å²) in [5.41, 5.74) is 1.28. The largest absolute Gasteiger partial charge is 0.317 e. The molecule has 0 bridgehead atoms. The molecule has 0 saturated carbocycles. The number of unbranched alkanes of at least 4 members (excludes halogenated alkanes) is 3. The van der Waals surface area contributed by atoms with Crippen LogP contribution < -0.4 is 16.0 Å². The highest BCUT2D eigenvalue weighted by Gasteiger charge is 2.31. The molecule has 3 N–H and O–H groups in total. The van der Waals surface area contributed by atoms with E-state index in [4.69, 9.17) is 0 Å². The van der Waals surface area contributed by atoms with Crippen molar-refractivity contribution in [3.63, 3.8) is 0 Å². The number of carbonyl (C=O) groups is 2. The van der Waals surface area contributed by atoms with Gasteiger partial charge >= 0.3 is 0 Å². The van der Waals surface area contributed by atoms with Gasteiger partial charge in [0.1, 0.15) is 0 Å². The number of hydrogen-bond donors (Lipinski definition) is 3. The molecule has 0 saturated heterocycles. The molecular weight excluding hydrogens is 412 g/mol. The van der Waals surface area contributed by atoms with Gasteiger partial charge in [-0.25, -0.2) is 0 Å². The number of nitrogens with zero attached hydrogens (tertiary/aromatic N) is 1. The van der Waals surface area contributed by atoms with Gasteiger partial charge < -0.3 is 16.0 Å². The SMILES string of the molecule is CCCNCCCCNCCCCNCCCCN1C(=O)c2cccc3cccc(c23)C1=O. The van der Waals surface area contributed by atoms with Gasteiger partial charge in [0.25, 0.3) is 11.8 Å². The van der Waals surface area contributed by atoms with E-state index in [-0.39, 0.29) is 11.8 Å². The third kappa shape index (κ3) is 7.36. The molecule has 0 aromatic heterocycles. The molecule has 2 aromatic carbocycles. The summed E-state index contributed by atoms with van der Waals surface area (Å²) in [6, 6.07) is 11.3. The molecule has 0 atom stereocenters. The fourth-order valence-corrected chi connectivity index (χ4v) is 4.36. The summed E-state index contributed by atoms with van der Waals surface area (Å²) in [5.74, 6) is -0.330. The average Bonchev–Trinajstić information content (AvgIpc) is 2.84. The molecule has 1 aliphatic rings. The van der Waals surface area contributed by atoms with Gasteiger partial charge in [-0.05, 0) is 102 Å². The van der Waals surface area contributed by atoms with Crippen molar-refractivity contribution in [2.24, 2.45) is 0 Å². The van der Waals surface area contributed by atoms with Crippen LogP contribution in [-0.2, 0) is 0 Å². The molecule has 180 valence electrons. The van der Waals surface area contributed by atoms with Gasteiger partial charge in [0, 0.05) is 23.1 Å². The molecule has 0 radical (unpaired) electrons. The Morgan fingerprint density at radius 2 is 1.09 bits per heavy atom. The maximum Gasteiger partial charge on any atom is 0.261 e. The Morgan fingerprint density at radius 1 is 0.636 bits per heavy atom. The summed E-state index contributed by atoms with van der Waals surface area (Å²) in [6.07, 6.45) is 7.79. The molecule has 1 aliphatic heterocycles. The van der Waals surface area contributed by atoms with Crippen molar-refractivity contribution in [3.8, 4) is 0 Å². The van der Waals surface area contributed by atoms with Gasteiger partial charge in [0.2, 0.25) is 0 Å². The smallest absolute Gasteiger partial charge is 0.261 e. The second kappa shape index (κ2) is 14.1. The minimum Gasteiger partial charge on any atom is -0.317 e. The maximum atomic E-state index is 12.9. The number of carbonyl (C=O) groups excluding carboxylic acids is 2. The Hall–Kier alpha value is -2.28. The van der Waals surface area contributed by atoms with Gasteiger partial charge in [-0.15, -0.1) is 0 Å². The van der Waals surface area contributed by atoms with E-state index in [0.29, 0.717) is 17.7 Å². The second-order valence-corrected chi connectivity index (χ2v) is 8.84. The zero-order valence-electron chi connectivity index (χ0n) is 20.1. The summed E-state index contributed by atoms with van der Waals surface area (Å²) >= 11 is 0. The van der Waals surface area contributed by atoms with E-state index in [1.807, 2.05) is 36.4 Å². The highest BCUT2D eigenvalue weighted by molar-refractivity contribution is 6.25. The summed E-state index contributed by atoms with van der Waals surface area (Å²) in [5, 5.41) is 12.2. The lowest BCUT2D eigenvalue weighted by Gasteiger charge is -2.27. The Labute approximate surface area is 198 Å². The van der Waals surface area contributed by atoms with Crippen LogP contribution in [0.1, 0.15) is 72.6 Å². The van der Waals surface area contributed by atoms with Crippen LogP contribution in [0.3, 0.4) is 0 Å². The molecule has 1 heterocycles. The lowest BCUT2D eigenvalue weighted by atomic mass is 9.94. The van der Waals surface area contributed by atoms with E-state index in [0.717, 1.165) is 69.3 Å². The second-order valence-electron chi connectivity index (χ2n) is 8.84. The van der Waals surface area contributed by atoms with E-state index < -0.39 is 0 Å². The maximum absolute atomic E-state index is 12.9. The van der Waals surface area contributed by atoms with Crippen LogP contribution >= 0.6 is 0 Å². The van der Waals surface area contributed by atoms with E-state index in [1.165, 1.54) is 30.6 Å². The molecule has 0 fully saturated rings. The van der Waals surface area contributed by atoms with Crippen LogP contribution in [-0.4, -0.2) is 62.5 Å². The highest BCUT2D eigenvalue weighted by Crippen LogP contribution is 2.29. The van der Waals surface area contributed by atoms with E-state index in [1.54, 1.807) is 0 Å². The Morgan fingerprint density at radius 3 is 1.58 bits per heavy atom. The van der Waals surface area contributed by atoms with Crippen molar-refractivity contribution in [3.05, 3.63) is 47.5 Å². The minimum atomic E-state index is -0.165. The normalized spacial score (nSPS) is 13.3. The predicted molar refractivity (Wildman–Crippen MR) is 136 cm³/mol. The Bertz CT molecular complexity index is 848. The topological polar surface area (TPSA) is 73.5 Å². The van der Waals surface area contributed by atoms with Crippen molar-refractivity contribution >= 4 is 22.6 Å². The first-order valence-electron chi connectivity index (χ1n) is 12.7. The molecule has 3 rings (SSSR count). The summed E-state index contributed by atoms with van der Waals surface area (Å²) < 4.78 is 0. The van der Waals surface area contributed by atoms with Crippen molar-refractivity contribution in [1.82, 2.24) is 20.9 Å². The Balaban J connectivity index is 1.23. The fourth-order valence-electron chi connectivity index (χ4n) is 4.36. The third-order valence-corrected chi connectivity index (χ3v) is 6.18. The lowest BCUT2D eigenvalue weighted by molar-refractivity contribution is 0.0608.